The fourth-order valence-corrected chi connectivity index (χ4v) is 4.51. The number of aryl methyl sites for hydroxylation is 2. The van der Waals surface area contributed by atoms with Crippen LogP contribution in [0.15, 0.2) is 23.1 Å². The topological polar surface area (TPSA) is 75.5 Å². The van der Waals surface area contributed by atoms with Crippen LogP contribution in [0.3, 0.4) is 0 Å². The zero-order valence-corrected chi connectivity index (χ0v) is 18.2. The van der Waals surface area contributed by atoms with Crippen molar-refractivity contribution < 1.29 is 13.2 Å². The van der Waals surface area contributed by atoms with Gasteiger partial charge in [-0.25, -0.2) is 17.7 Å². The van der Waals surface area contributed by atoms with E-state index < -0.39 is 10.0 Å². The molecule has 1 unspecified atom stereocenters. The van der Waals surface area contributed by atoms with E-state index in [1.165, 1.54) is 31.2 Å². The molecule has 0 N–H and O–H groups in total. The maximum Gasteiger partial charge on any atom is 0.242 e. The standard InChI is InChI=1S/C20H30N4O3S/c1-6-24-18-10-9-16(28(26,27)22(3)4)13-17(18)21-19(24)11-12-20(25)23(5)14(2)15-7-8-15/h9-10,13-15H,6-8,11-12H2,1-5H3. The molecule has 1 aliphatic carbocycles. The molecule has 1 aliphatic rings. The van der Waals surface area contributed by atoms with Crippen molar-refractivity contribution in [2.75, 3.05) is 21.1 Å². The van der Waals surface area contributed by atoms with E-state index in [4.69, 9.17) is 0 Å². The quantitative estimate of drug-likeness (QED) is 0.675. The van der Waals surface area contributed by atoms with Gasteiger partial charge in [-0.05, 0) is 50.8 Å². The largest absolute Gasteiger partial charge is 0.343 e. The lowest BCUT2D eigenvalue weighted by Crippen LogP contribution is -2.36. The van der Waals surface area contributed by atoms with E-state index in [1.807, 2.05) is 18.9 Å². The molecule has 0 saturated heterocycles. The van der Waals surface area contributed by atoms with Crippen LogP contribution in [0.4, 0.5) is 0 Å². The van der Waals surface area contributed by atoms with Gasteiger partial charge < -0.3 is 9.47 Å². The van der Waals surface area contributed by atoms with Crippen LogP contribution in [0.25, 0.3) is 11.0 Å². The summed E-state index contributed by atoms with van der Waals surface area (Å²) in [6.45, 7) is 4.86. The zero-order valence-electron chi connectivity index (χ0n) is 17.3. The summed E-state index contributed by atoms with van der Waals surface area (Å²) >= 11 is 0. The van der Waals surface area contributed by atoms with Gasteiger partial charge in [0.15, 0.2) is 0 Å². The van der Waals surface area contributed by atoms with Crippen molar-refractivity contribution >= 4 is 27.0 Å². The third kappa shape index (κ3) is 3.93. The van der Waals surface area contributed by atoms with E-state index in [-0.39, 0.29) is 16.8 Å². The number of hydrogen-bond acceptors (Lipinski definition) is 4. The summed E-state index contributed by atoms with van der Waals surface area (Å²) in [4.78, 5) is 19.3. The van der Waals surface area contributed by atoms with Gasteiger partial charge in [-0.1, -0.05) is 0 Å². The average Bonchev–Trinajstić information content (AvgIpc) is 3.45. The third-order valence-corrected chi connectivity index (χ3v) is 7.58. The van der Waals surface area contributed by atoms with E-state index in [0.717, 1.165) is 11.3 Å². The molecule has 2 aromatic rings. The fraction of sp³-hybridized carbons (Fsp3) is 0.600. The second kappa shape index (κ2) is 7.83. The van der Waals surface area contributed by atoms with Gasteiger partial charge in [0, 0.05) is 46.6 Å². The minimum Gasteiger partial charge on any atom is -0.343 e. The molecule has 0 radical (unpaired) electrons. The SMILES string of the molecule is CCn1c(CCC(=O)N(C)C(C)C2CC2)nc2cc(S(=O)(=O)N(C)C)ccc21. The number of benzene rings is 1. The molecule has 7 nitrogen and oxygen atoms in total. The summed E-state index contributed by atoms with van der Waals surface area (Å²) in [7, 11) is 1.41. The molecule has 1 aromatic carbocycles. The first kappa shape index (κ1) is 20.8. The number of sulfonamides is 1. The van der Waals surface area contributed by atoms with Crippen molar-refractivity contribution in [1.82, 2.24) is 18.8 Å². The number of fused-ring (bicyclic) bond motifs is 1. The predicted octanol–water partition coefficient (Wildman–Crippen LogP) is 2.50. The Morgan fingerprint density at radius 1 is 1.29 bits per heavy atom. The van der Waals surface area contributed by atoms with Crippen LogP contribution in [-0.2, 0) is 27.8 Å². The normalized spacial score (nSPS) is 15.9. The lowest BCUT2D eigenvalue weighted by Gasteiger charge is -2.24. The van der Waals surface area contributed by atoms with E-state index in [9.17, 15) is 13.2 Å². The maximum atomic E-state index is 12.6. The molecule has 154 valence electrons. The molecule has 1 heterocycles. The highest BCUT2D eigenvalue weighted by Crippen LogP contribution is 2.34. The Balaban J connectivity index is 1.82. The minimum absolute atomic E-state index is 0.130. The Labute approximate surface area is 167 Å². The predicted molar refractivity (Wildman–Crippen MR) is 110 cm³/mol. The molecule has 1 atom stereocenters. The molecule has 1 amide bonds. The van der Waals surface area contributed by atoms with Crippen molar-refractivity contribution in [3.8, 4) is 0 Å². The number of rotatable bonds is 8. The van der Waals surface area contributed by atoms with E-state index in [0.29, 0.717) is 30.8 Å². The van der Waals surface area contributed by atoms with Crippen molar-refractivity contribution in [1.29, 1.82) is 0 Å². The Bertz CT molecular complexity index is 977. The summed E-state index contributed by atoms with van der Waals surface area (Å²) in [6.07, 6.45) is 3.36. The number of amides is 1. The zero-order chi connectivity index (χ0) is 20.6. The lowest BCUT2D eigenvalue weighted by molar-refractivity contribution is -0.132. The monoisotopic (exact) mass is 406 g/mol. The fourth-order valence-electron chi connectivity index (χ4n) is 3.59. The van der Waals surface area contributed by atoms with Gasteiger partial charge >= 0.3 is 0 Å². The average molecular weight is 407 g/mol. The molecule has 0 spiro atoms. The summed E-state index contributed by atoms with van der Waals surface area (Å²) < 4.78 is 28.0. The first-order valence-electron chi connectivity index (χ1n) is 9.84. The molecule has 1 fully saturated rings. The molecule has 1 aromatic heterocycles. The number of imidazole rings is 1. The highest BCUT2D eigenvalue weighted by molar-refractivity contribution is 7.89. The van der Waals surface area contributed by atoms with Gasteiger partial charge in [-0.3, -0.25) is 4.79 Å². The number of carbonyl (C=O) groups excluding carboxylic acids is 1. The number of hydrogen-bond donors (Lipinski definition) is 0. The summed E-state index contributed by atoms with van der Waals surface area (Å²) in [5.41, 5.74) is 1.54. The van der Waals surface area contributed by atoms with Crippen LogP contribution in [0, 0.1) is 5.92 Å². The van der Waals surface area contributed by atoms with Crippen LogP contribution in [0.2, 0.25) is 0 Å². The van der Waals surface area contributed by atoms with Crippen molar-refractivity contribution in [2.45, 2.75) is 57.0 Å². The highest BCUT2D eigenvalue weighted by Gasteiger charge is 2.32. The molecular formula is C20H30N4O3S. The van der Waals surface area contributed by atoms with E-state index in [1.54, 1.807) is 18.2 Å². The molecule has 0 bridgehead atoms. The van der Waals surface area contributed by atoms with Gasteiger partial charge in [0.05, 0.1) is 15.9 Å². The van der Waals surface area contributed by atoms with Gasteiger partial charge in [0.25, 0.3) is 0 Å². The molecule has 1 saturated carbocycles. The Kier molecular flexibility index (Phi) is 5.82. The number of carbonyl (C=O) groups is 1. The van der Waals surface area contributed by atoms with Crippen LogP contribution in [0.1, 0.15) is 38.9 Å². The molecular weight excluding hydrogens is 376 g/mol. The Morgan fingerprint density at radius 3 is 2.54 bits per heavy atom. The summed E-state index contributed by atoms with van der Waals surface area (Å²) in [6, 6.07) is 5.32. The van der Waals surface area contributed by atoms with Gasteiger partial charge in [0.1, 0.15) is 5.82 Å². The number of nitrogens with zero attached hydrogens (tertiary/aromatic N) is 4. The smallest absolute Gasteiger partial charge is 0.242 e. The lowest BCUT2D eigenvalue weighted by atomic mass is 10.1. The first-order chi connectivity index (χ1) is 13.2. The van der Waals surface area contributed by atoms with Crippen molar-refractivity contribution in [3.63, 3.8) is 0 Å². The minimum atomic E-state index is -3.50. The van der Waals surface area contributed by atoms with Crippen LogP contribution >= 0.6 is 0 Å². The van der Waals surface area contributed by atoms with Crippen molar-refractivity contribution in [3.05, 3.63) is 24.0 Å². The maximum absolute atomic E-state index is 12.6. The highest BCUT2D eigenvalue weighted by atomic mass is 32.2. The Hall–Kier alpha value is -1.93. The second-order valence-corrected chi connectivity index (χ2v) is 9.94. The molecule has 8 heteroatoms. The Morgan fingerprint density at radius 2 is 1.96 bits per heavy atom. The van der Waals surface area contributed by atoms with E-state index in [2.05, 4.69) is 16.5 Å². The third-order valence-electron chi connectivity index (χ3n) is 5.76. The van der Waals surface area contributed by atoms with Crippen molar-refractivity contribution in [2.24, 2.45) is 5.92 Å². The van der Waals surface area contributed by atoms with Crippen LogP contribution in [-0.4, -0.2) is 60.3 Å². The van der Waals surface area contributed by atoms with Gasteiger partial charge in [-0.2, -0.15) is 0 Å². The van der Waals surface area contributed by atoms with E-state index >= 15 is 0 Å². The summed E-state index contributed by atoms with van der Waals surface area (Å²) in [5.74, 6) is 1.59. The van der Waals surface area contributed by atoms with Crippen LogP contribution < -0.4 is 0 Å². The van der Waals surface area contributed by atoms with Crippen LogP contribution in [0.5, 0.6) is 0 Å². The summed E-state index contributed by atoms with van der Waals surface area (Å²) in [5, 5.41) is 0. The van der Waals surface area contributed by atoms with Gasteiger partial charge in [-0.15, -0.1) is 0 Å². The molecule has 28 heavy (non-hydrogen) atoms. The molecule has 3 rings (SSSR count). The van der Waals surface area contributed by atoms with Gasteiger partial charge in [0.2, 0.25) is 15.9 Å². The first-order valence-corrected chi connectivity index (χ1v) is 11.3. The number of aromatic nitrogens is 2. The molecule has 0 aliphatic heterocycles. The second-order valence-electron chi connectivity index (χ2n) is 7.79.